The topological polar surface area (TPSA) is 53.4 Å². The van der Waals surface area contributed by atoms with Crippen LogP contribution in [0.15, 0.2) is 54.7 Å². The molecule has 0 bridgehead atoms. The summed E-state index contributed by atoms with van der Waals surface area (Å²) in [6.07, 6.45) is -2.54. The predicted octanol–water partition coefficient (Wildman–Crippen LogP) is 7.01. The van der Waals surface area contributed by atoms with Crippen LogP contribution < -0.4 is 4.74 Å². The molecule has 0 aliphatic heterocycles. The minimum absolute atomic E-state index is 0.0919. The summed E-state index contributed by atoms with van der Waals surface area (Å²) >= 11 is 1.38. The van der Waals surface area contributed by atoms with Gasteiger partial charge in [-0.2, -0.15) is 13.2 Å². The van der Waals surface area contributed by atoms with Crippen LogP contribution in [-0.2, 0) is 28.9 Å². The smallest absolute Gasteiger partial charge is 0.416 e. The standard InChI is InChI=1S/C26H25F3N2O3S/c1-16-22(35-24(30-16)18-5-8-19(9-6-18)26(27,28)29)15-33-20-10-7-17-11-12-31(21(17)13-20)14-23(32)34-25(2,3)4/h5-13H,14-15H2,1-4H3. The second kappa shape index (κ2) is 9.37. The number of hydrogen-bond acceptors (Lipinski definition) is 5. The monoisotopic (exact) mass is 502 g/mol. The number of carbonyl (C=O) groups excluding carboxylic acids is 1. The lowest BCUT2D eigenvalue weighted by Crippen LogP contribution is -2.26. The van der Waals surface area contributed by atoms with Crippen LogP contribution in [0.1, 0.15) is 36.9 Å². The lowest BCUT2D eigenvalue weighted by molar-refractivity contribution is -0.155. The maximum atomic E-state index is 12.8. The van der Waals surface area contributed by atoms with Crippen molar-refractivity contribution in [3.05, 3.63) is 70.9 Å². The molecule has 0 N–H and O–H groups in total. The Morgan fingerprint density at radius 2 is 1.77 bits per heavy atom. The number of fused-ring (bicyclic) bond motifs is 1. The van der Waals surface area contributed by atoms with Gasteiger partial charge in [0.05, 0.1) is 21.7 Å². The molecule has 0 unspecified atom stereocenters. The Morgan fingerprint density at radius 3 is 2.43 bits per heavy atom. The van der Waals surface area contributed by atoms with Crippen molar-refractivity contribution in [2.75, 3.05) is 0 Å². The highest BCUT2D eigenvalue weighted by Gasteiger charge is 2.30. The number of alkyl halides is 3. The van der Waals surface area contributed by atoms with Crippen LogP contribution in [0.25, 0.3) is 21.5 Å². The number of aryl methyl sites for hydroxylation is 1. The van der Waals surface area contributed by atoms with E-state index in [1.807, 2.05) is 62.7 Å². The van der Waals surface area contributed by atoms with E-state index in [2.05, 4.69) is 4.98 Å². The zero-order valence-electron chi connectivity index (χ0n) is 19.8. The van der Waals surface area contributed by atoms with Gasteiger partial charge in [0.25, 0.3) is 0 Å². The molecule has 0 amide bonds. The van der Waals surface area contributed by atoms with Gasteiger partial charge in [0.15, 0.2) is 0 Å². The number of hydrogen-bond donors (Lipinski definition) is 0. The minimum Gasteiger partial charge on any atom is -0.488 e. The van der Waals surface area contributed by atoms with Crippen LogP contribution in [-0.4, -0.2) is 21.1 Å². The molecule has 184 valence electrons. The highest BCUT2D eigenvalue weighted by atomic mass is 32.1. The first-order chi connectivity index (χ1) is 16.4. The summed E-state index contributed by atoms with van der Waals surface area (Å²) < 4.78 is 51.7. The summed E-state index contributed by atoms with van der Waals surface area (Å²) in [4.78, 5) is 17.6. The Kier molecular flexibility index (Phi) is 6.64. The normalized spacial score (nSPS) is 12.2. The van der Waals surface area contributed by atoms with E-state index in [0.717, 1.165) is 33.6 Å². The van der Waals surface area contributed by atoms with E-state index in [9.17, 15) is 18.0 Å². The minimum atomic E-state index is -4.37. The quantitative estimate of drug-likeness (QED) is 0.266. The van der Waals surface area contributed by atoms with Gasteiger partial charge < -0.3 is 14.0 Å². The summed E-state index contributed by atoms with van der Waals surface area (Å²) in [6.45, 7) is 7.69. The van der Waals surface area contributed by atoms with E-state index in [4.69, 9.17) is 9.47 Å². The second-order valence-corrected chi connectivity index (χ2v) is 10.2. The molecule has 0 atom stereocenters. The fourth-order valence-electron chi connectivity index (χ4n) is 3.54. The van der Waals surface area contributed by atoms with Crippen molar-refractivity contribution in [1.82, 2.24) is 9.55 Å². The van der Waals surface area contributed by atoms with E-state index in [0.29, 0.717) is 16.3 Å². The maximum Gasteiger partial charge on any atom is 0.416 e. The molecule has 0 fully saturated rings. The van der Waals surface area contributed by atoms with Crippen LogP contribution in [0, 0.1) is 6.92 Å². The number of halogens is 3. The number of nitrogens with zero attached hydrogens (tertiary/aromatic N) is 2. The van der Waals surface area contributed by atoms with Gasteiger partial charge in [0, 0.05) is 17.8 Å². The summed E-state index contributed by atoms with van der Waals surface area (Å²) in [5.74, 6) is 0.308. The third-order valence-electron chi connectivity index (χ3n) is 5.19. The van der Waals surface area contributed by atoms with Crippen molar-refractivity contribution < 1.29 is 27.4 Å². The van der Waals surface area contributed by atoms with Gasteiger partial charge >= 0.3 is 12.1 Å². The fraction of sp³-hybridized carbons (Fsp3) is 0.308. The van der Waals surface area contributed by atoms with Gasteiger partial charge in [0.2, 0.25) is 0 Å². The number of ether oxygens (including phenoxy) is 2. The number of esters is 1. The largest absolute Gasteiger partial charge is 0.488 e. The van der Waals surface area contributed by atoms with E-state index in [1.54, 1.807) is 0 Å². The molecule has 0 saturated heterocycles. The SMILES string of the molecule is Cc1nc(-c2ccc(C(F)(F)F)cc2)sc1COc1ccc2ccn(CC(=O)OC(C)(C)C)c2c1. The Hall–Kier alpha value is -3.33. The zero-order valence-corrected chi connectivity index (χ0v) is 20.6. The van der Waals surface area contributed by atoms with Crippen LogP contribution in [0.2, 0.25) is 0 Å². The van der Waals surface area contributed by atoms with Crippen LogP contribution in [0.3, 0.4) is 0 Å². The predicted molar refractivity (Wildman–Crippen MR) is 129 cm³/mol. The van der Waals surface area contributed by atoms with Gasteiger partial charge in [-0.3, -0.25) is 4.79 Å². The third kappa shape index (κ3) is 6.03. The van der Waals surface area contributed by atoms with Gasteiger partial charge in [-0.05, 0) is 63.4 Å². The molecule has 0 radical (unpaired) electrons. The molecule has 9 heteroatoms. The highest BCUT2D eigenvalue weighted by Crippen LogP contribution is 2.33. The van der Waals surface area contributed by atoms with Gasteiger partial charge in [-0.25, -0.2) is 4.98 Å². The molecule has 0 aliphatic rings. The molecule has 5 nitrogen and oxygen atoms in total. The van der Waals surface area contributed by atoms with Crippen molar-refractivity contribution in [2.45, 2.75) is 52.6 Å². The number of aromatic nitrogens is 2. The zero-order chi connectivity index (χ0) is 25.4. The van der Waals surface area contributed by atoms with Crippen molar-refractivity contribution in [2.24, 2.45) is 0 Å². The van der Waals surface area contributed by atoms with Gasteiger partial charge in [-0.1, -0.05) is 12.1 Å². The van der Waals surface area contributed by atoms with Crippen molar-refractivity contribution in [1.29, 1.82) is 0 Å². The molecule has 2 aromatic heterocycles. The highest BCUT2D eigenvalue weighted by molar-refractivity contribution is 7.15. The molecular weight excluding hydrogens is 477 g/mol. The van der Waals surface area contributed by atoms with Crippen molar-refractivity contribution in [3.63, 3.8) is 0 Å². The van der Waals surface area contributed by atoms with E-state index in [1.165, 1.54) is 23.5 Å². The molecule has 2 aromatic carbocycles. The maximum absolute atomic E-state index is 12.8. The number of rotatable bonds is 6. The fourth-order valence-corrected chi connectivity index (χ4v) is 4.52. The lowest BCUT2D eigenvalue weighted by atomic mass is 10.1. The first kappa shape index (κ1) is 24.8. The summed E-state index contributed by atoms with van der Waals surface area (Å²) in [5, 5.41) is 1.61. The number of carbonyl (C=O) groups is 1. The molecule has 0 aliphatic carbocycles. The van der Waals surface area contributed by atoms with Gasteiger partial charge in [0.1, 0.15) is 29.5 Å². The first-order valence-electron chi connectivity index (χ1n) is 11.0. The molecule has 35 heavy (non-hydrogen) atoms. The third-order valence-corrected chi connectivity index (χ3v) is 6.37. The molecule has 4 aromatic rings. The summed E-state index contributed by atoms with van der Waals surface area (Å²) in [6, 6.07) is 12.5. The van der Waals surface area contributed by atoms with Crippen LogP contribution >= 0.6 is 11.3 Å². The van der Waals surface area contributed by atoms with Crippen molar-refractivity contribution in [3.8, 4) is 16.3 Å². The Balaban J connectivity index is 1.47. The van der Waals surface area contributed by atoms with E-state index < -0.39 is 17.3 Å². The summed E-state index contributed by atoms with van der Waals surface area (Å²) in [5.41, 5.74) is 0.989. The number of thiazole rings is 1. The second-order valence-electron chi connectivity index (χ2n) is 9.14. The molecule has 2 heterocycles. The van der Waals surface area contributed by atoms with E-state index >= 15 is 0 Å². The van der Waals surface area contributed by atoms with Crippen molar-refractivity contribution >= 4 is 28.2 Å². The molecular formula is C26H25F3N2O3S. The van der Waals surface area contributed by atoms with Crippen LogP contribution in [0.5, 0.6) is 5.75 Å². The van der Waals surface area contributed by atoms with Crippen LogP contribution in [0.4, 0.5) is 13.2 Å². The Labute approximate surface area is 205 Å². The average molecular weight is 503 g/mol. The molecule has 0 saturated carbocycles. The first-order valence-corrected chi connectivity index (χ1v) is 11.8. The molecule has 0 spiro atoms. The molecule has 4 rings (SSSR count). The van der Waals surface area contributed by atoms with Gasteiger partial charge in [-0.15, -0.1) is 11.3 Å². The van der Waals surface area contributed by atoms with E-state index in [-0.39, 0.29) is 19.1 Å². The lowest BCUT2D eigenvalue weighted by Gasteiger charge is -2.19. The Morgan fingerprint density at radius 1 is 1.06 bits per heavy atom. The number of benzene rings is 2. The Bertz CT molecular complexity index is 1350. The summed E-state index contributed by atoms with van der Waals surface area (Å²) in [7, 11) is 0. The average Bonchev–Trinajstić information content (AvgIpc) is 3.33.